The molecule has 4 heteroatoms. The summed E-state index contributed by atoms with van der Waals surface area (Å²) >= 11 is 0. The standard InChI is InChI=1S/C26H43N3O/c1-22(2)10-7-11-23(3)18(22)9-8-16-20(23)17(30)14-25(5)19-15-28-21(27)29-26(19,6)13-12-24(16,25)4/h17-19,30H,7-15H2,1-6H3,(H3,27,28,29)/t17-,18+,19-,23+,24-,25-,26-/m1/s1. The van der Waals surface area contributed by atoms with Gasteiger partial charge in [0, 0.05) is 18.0 Å². The first kappa shape index (κ1) is 20.8. The second-order valence-electron chi connectivity index (χ2n) is 13.0. The Labute approximate surface area is 183 Å². The molecule has 0 saturated heterocycles. The fourth-order valence-corrected chi connectivity index (χ4v) is 9.57. The van der Waals surface area contributed by atoms with Crippen LogP contribution < -0.4 is 11.1 Å². The molecule has 0 aromatic heterocycles. The van der Waals surface area contributed by atoms with Gasteiger partial charge in [0.2, 0.25) is 0 Å². The summed E-state index contributed by atoms with van der Waals surface area (Å²) in [6, 6.07) is 0. The monoisotopic (exact) mass is 413 g/mol. The number of guanidine groups is 1. The second-order valence-corrected chi connectivity index (χ2v) is 13.0. The third-order valence-corrected chi connectivity index (χ3v) is 11.3. The summed E-state index contributed by atoms with van der Waals surface area (Å²) in [6.45, 7) is 15.6. The van der Waals surface area contributed by atoms with Crippen molar-refractivity contribution in [2.24, 2.45) is 44.2 Å². The maximum absolute atomic E-state index is 11.8. The molecule has 168 valence electrons. The van der Waals surface area contributed by atoms with Crippen molar-refractivity contribution in [1.29, 1.82) is 0 Å². The molecule has 4 aliphatic carbocycles. The van der Waals surface area contributed by atoms with Crippen molar-refractivity contribution in [2.75, 3.05) is 6.54 Å². The Balaban J connectivity index is 1.64. The van der Waals surface area contributed by atoms with Crippen LogP contribution in [0.4, 0.5) is 0 Å². The molecule has 30 heavy (non-hydrogen) atoms. The zero-order chi connectivity index (χ0) is 21.7. The van der Waals surface area contributed by atoms with Crippen molar-refractivity contribution in [3.8, 4) is 0 Å². The summed E-state index contributed by atoms with van der Waals surface area (Å²) in [6.07, 6.45) is 9.16. The summed E-state index contributed by atoms with van der Waals surface area (Å²) in [5, 5.41) is 15.3. The van der Waals surface area contributed by atoms with Gasteiger partial charge in [-0.15, -0.1) is 0 Å². The van der Waals surface area contributed by atoms with E-state index in [0.29, 0.717) is 23.2 Å². The molecule has 0 amide bonds. The molecule has 0 aromatic rings. The number of fused-ring (bicyclic) bond motifs is 6. The first-order chi connectivity index (χ1) is 13.9. The van der Waals surface area contributed by atoms with Crippen molar-refractivity contribution in [1.82, 2.24) is 5.32 Å². The number of allylic oxidation sites excluding steroid dienone is 1. The number of nitrogens with one attached hydrogen (secondary N) is 1. The Morgan fingerprint density at radius 3 is 2.47 bits per heavy atom. The quantitative estimate of drug-likeness (QED) is 0.501. The fourth-order valence-electron chi connectivity index (χ4n) is 9.57. The number of hydrogen-bond donors (Lipinski definition) is 3. The average molecular weight is 414 g/mol. The minimum Gasteiger partial charge on any atom is -0.389 e. The van der Waals surface area contributed by atoms with E-state index in [-0.39, 0.29) is 27.9 Å². The molecule has 0 aromatic carbocycles. The van der Waals surface area contributed by atoms with Gasteiger partial charge in [-0.3, -0.25) is 4.99 Å². The van der Waals surface area contributed by atoms with Crippen LogP contribution in [0, 0.1) is 33.5 Å². The molecule has 4 N–H and O–H groups in total. The summed E-state index contributed by atoms with van der Waals surface area (Å²) in [5.74, 6) is 1.68. The van der Waals surface area contributed by atoms with E-state index in [0.717, 1.165) is 19.4 Å². The highest BCUT2D eigenvalue weighted by atomic mass is 16.3. The Morgan fingerprint density at radius 2 is 1.73 bits per heavy atom. The molecule has 2 saturated carbocycles. The van der Waals surface area contributed by atoms with Crippen LogP contribution in [0.5, 0.6) is 0 Å². The highest BCUT2D eigenvalue weighted by Crippen LogP contribution is 2.71. The molecule has 1 aliphatic heterocycles. The number of rotatable bonds is 0. The topological polar surface area (TPSA) is 70.6 Å². The fraction of sp³-hybridized carbons (Fsp3) is 0.885. The summed E-state index contributed by atoms with van der Waals surface area (Å²) in [4.78, 5) is 4.64. The van der Waals surface area contributed by atoms with Crippen molar-refractivity contribution in [3.63, 3.8) is 0 Å². The minimum atomic E-state index is -0.314. The number of hydrogen-bond acceptors (Lipinski definition) is 4. The van der Waals surface area contributed by atoms with Gasteiger partial charge in [0.1, 0.15) is 0 Å². The number of aliphatic hydroxyl groups excluding tert-OH is 1. The smallest absolute Gasteiger partial charge is 0.189 e. The first-order valence-corrected chi connectivity index (χ1v) is 12.4. The second kappa shape index (κ2) is 6.05. The van der Waals surface area contributed by atoms with Gasteiger partial charge in [0.15, 0.2) is 5.96 Å². The van der Waals surface area contributed by atoms with Gasteiger partial charge in [-0.2, -0.15) is 0 Å². The van der Waals surface area contributed by atoms with Gasteiger partial charge in [0.05, 0.1) is 6.10 Å². The third kappa shape index (κ3) is 2.40. The molecule has 1 heterocycles. The predicted octanol–water partition coefficient (Wildman–Crippen LogP) is 4.77. The zero-order valence-corrected chi connectivity index (χ0v) is 20.1. The Bertz CT molecular complexity index is 830. The summed E-state index contributed by atoms with van der Waals surface area (Å²) < 4.78 is 0. The van der Waals surface area contributed by atoms with Crippen molar-refractivity contribution in [2.45, 2.75) is 105 Å². The Morgan fingerprint density at radius 1 is 1.00 bits per heavy atom. The number of nitrogens with two attached hydrogens (primary N) is 1. The summed E-state index contributed by atoms with van der Waals surface area (Å²) in [7, 11) is 0. The van der Waals surface area contributed by atoms with Crippen molar-refractivity contribution < 1.29 is 5.11 Å². The molecule has 0 unspecified atom stereocenters. The molecule has 7 atom stereocenters. The van der Waals surface area contributed by atoms with Gasteiger partial charge in [-0.05, 0) is 85.0 Å². The largest absolute Gasteiger partial charge is 0.389 e. The SMILES string of the molecule is CC1(C)CCC[C@]2(C)C3=C(CC[C@@H]12)[C@@]1(C)CC[C@@]2(C)NC(N)=NC[C@@H]2[C@@]1(C)C[C@H]3O. The van der Waals surface area contributed by atoms with E-state index in [1.807, 2.05) is 0 Å². The molecule has 0 bridgehead atoms. The van der Waals surface area contributed by atoms with Crippen LogP contribution in [-0.2, 0) is 0 Å². The normalized spacial score (nSPS) is 52.2. The lowest BCUT2D eigenvalue weighted by molar-refractivity contribution is -0.114. The highest BCUT2D eigenvalue weighted by Gasteiger charge is 2.66. The van der Waals surface area contributed by atoms with Gasteiger partial charge < -0.3 is 16.2 Å². The van der Waals surface area contributed by atoms with Crippen LogP contribution in [0.1, 0.15) is 92.9 Å². The van der Waals surface area contributed by atoms with E-state index in [2.05, 4.69) is 51.9 Å². The van der Waals surface area contributed by atoms with Crippen LogP contribution >= 0.6 is 0 Å². The number of aliphatic imine (C=N–C) groups is 1. The van der Waals surface area contributed by atoms with E-state index in [1.165, 1.54) is 44.1 Å². The zero-order valence-electron chi connectivity index (χ0n) is 20.1. The lowest BCUT2D eigenvalue weighted by Gasteiger charge is -2.68. The van der Waals surface area contributed by atoms with Crippen molar-refractivity contribution in [3.05, 3.63) is 11.1 Å². The molecular weight excluding hydrogens is 370 g/mol. The minimum absolute atomic E-state index is 0.0220. The number of nitrogens with zero attached hydrogens (tertiary/aromatic N) is 1. The number of aliphatic hydroxyl groups is 1. The first-order valence-electron chi connectivity index (χ1n) is 12.4. The van der Waals surface area contributed by atoms with E-state index in [4.69, 9.17) is 5.73 Å². The molecule has 0 radical (unpaired) electrons. The molecule has 5 rings (SSSR count). The van der Waals surface area contributed by atoms with Gasteiger partial charge >= 0.3 is 0 Å². The van der Waals surface area contributed by atoms with Gasteiger partial charge in [-0.1, -0.05) is 46.6 Å². The van der Waals surface area contributed by atoms with Gasteiger partial charge in [0.25, 0.3) is 0 Å². The van der Waals surface area contributed by atoms with Gasteiger partial charge in [-0.25, -0.2) is 0 Å². The molecular formula is C26H43N3O. The van der Waals surface area contributed by atoms with Crippen LogP contribution in [0.3, 0.4) is 0 Å². The van der Waals surface area contributed by atoms with Crippen LogP contribution in [0.25, 0.3) is 0 Å². The lowest BCUT2D eigenvalue weighted by atomic mass is 9.38. The third-order valence-electron chi connectivity index (χ3n) is 11.3. The molecule has 5 aliphatic rings. The van der Waals surface area contributed by atoms with E-state index < -0.39 is 0 Å². The van der Waals surface area contributed by atoms with Crippen molar-refractivity contribution >= 4 is 5.96 Å². The summed E-state index contributed by atoms with van der Waals surface area (Å²) in [5.41, 5.74) is 9.87. The van der Waals surface area contributed by atoms with Crippen LogP contribution in [0.2, 0.25) is 0 Å². The molecule has 0 spiro atoms. The predicted molar refractivity (Wildman–Crippen MR) is 123 cm³/mol. The highest BCUT2D eigenvalue weighted by molar-refractivity contribution is 5.79. The van der Waals surface area contributed by atoms with E-state index >= 15 is 0 Å². The molecule has 2 fully saturated rings. The van der Waals surface area contributed by atoms with Crippen LogP contribution in [0.15, 0.2) is 16.1 Å². The molecule has 4 nitrogen and oxygen atoms in total. The van der Waals surface area contributed by atoms with Crippen LogP contribution in [-0.4, -0.2) is 29.3 Å². The maximum Gasteiger partial charge on any atom is 0.189 e. The lowest BCUT2D eigenvalue weighted by Crippen LogP contribution is -2.69. The average Bonchev–Trinajstić information content (AvgIpc) is 2.62. The Kier molecular flexibility index (Phi) is 4.21. The van der Waals surface area contributed by atoms with E-state index in [1.54, 1.807) is 5.57 Å². The Hall–Kier alpha value is -1.03. The maximum atomic E-state index is 11.8. The van der Waals surface area contributed by atoms with E-state index in [9.17, 15) is 5.11 Å².